The average Bonchev–Trinajstić information content (AvgIpc) is 3.88. The van der Waals surface area contributed by atoms with Crippen molar-refractivity contribution in [3.63, 3.8) is 0 Å². The Morgan fingerprint density at radius 2 is 0.850 bits per heavy atom. The van der Waals surface area contributed by atoms with Gasteiger partial charge in [0.05, 0.1) is 11.0 Å². The molecule has 0 amide bonds. The summed E-state index contributed by atoms with van der Waals surface area (Å²) in [5.74, 6) is 1.89. The van der Waals surface area contributed by atoms with Crippen molar-refractivity contribution in [1.29, 1.82) is 0 Å². The Morgan fingerprint density at radius 1 is 0.333 bits per heavy atom. The van der Waals surface area contributed by atoms with Crippen LogP contribution < -0.4 is 0 Å². The summed E-state index contributed by atoms with van der Waals surface area (Å²) >= 11 is 0. The van der Waals surface area contributed by atoms with Gasteiger partial charge in [0.2, 0.25) is 0 Å². The van der Waals surface area contributed by atoms with E-state index >= 15 is 0 Å². The van der Waals surface area contributed by atoms with Crippen molar-refractivity contribution in [2.45, 2.75) is 0 Å². The summed E-state index contributed by atoms with van der Waals surface area (Å²) in [6, 6.07) is 72.2. The molecule has 0 atom stereocenters. The SMILES string of the molecule is c1ccc(-c2nc(-c3ccccc3)nc(-c3cccc(-c4cc5c(oc6cccc(-c7ccc(-n8c9ccccc9c9ccccc98)cc7)c65)c5ccccc45)c3)n2)cc1. The van der Waals surface area contributed by atoms with Crippen LogP contribution in [0.15, 0.2) is 211 Å². The molecule has 60 heavy (non-hydrogen) atoms. The van der Waals surface area contributed by atoms with Gasteiger partial charge in [0.15, 0.2) is 17.5 Å². The molecule has 0 spiro atoms. The molecule has 12 aromatic rings. The Labute approximate surface area is 345 Å². The topological polar surface area (TPSA) is 56.7 Å². The summed E-state index contributed by atoms with van der Waals surface area (Å²) in [6.07, 6.45) is 0. The number of furan rings is 1. The third-order valence-corrected chi connectivity index (χ3v) is 11.7. The molecular formula is C55H34N4O. The zero-order chi connectivity index (χ0) is 39.6. The Kier molecular flexibility index (Phi) is 7.78. The standard InChI is InChI=1S/C55H34N4O/c1-3-15-36(16-4-1)53-56-54(37-17-5-2-6-18-37)58-55(57-53)39-20-13-19-38(33-39)46-34-47-51-41(25-14-28-50(51)60-52(47)45-24-8-7-21-42(45)46)35-29-31-40(32-30-35)59-48-26-11-9-22-43(48)44-23-10-12-27-49(44)59/h1-34H. The first-order chi connectivity index (χ1) is 29.7. The van der Waals surface area contributed by atoms with E-state index in [0.29, 0.717) is 17.5 Å². The second kappa shape index (κ2) is 13.8. The van der Waals surface area contributed by atoms with Crippen LogP contribution in [0.25, 0.3) is 117 Å². The number of benzene rings is 9. The van der Waals surface area contributed by atoms with Crippen molar-refractivity contribution >= 4 is 54.5 Å². The molecule has 5 nitrogen and oxygen atoms in total. The molecule has 0 aliphatic rings. The molecule has 0 aliphatic heterocycles. The normalized spacial score (nSPS) is 11.7. The number of fused-ring (bicyclic) bond motifs is 8. The van der Waals surface area contributed by atoms with E-state index < -0.39 is 0 Å². The molecule has 0 radical (unpaired) electrons. The quantitative estimate of drug-likeness (QED) is 0.169. The third-order valence-electron chi connectivity index (χ3n) is 11.7. The highest BCUT2D eigenvalue weighted by atomic mass is 16.3. The Balaban J connectivity index is 1.01. The summed E-state index contributed by atoms with van der Waals surface area (Å²) in [4.78, 5) is 15.0. The smallest absolute Gasteiger partial charge is 0.164 e. The van der Waals surface area contributed by atoms with Crippen molar-refractivity contribution < 1.29 is 4.42 Å². The number of hydrogen-bond acceptors (Lipinski definition) is 4. The lowest BCUT2D eigenvalue weighted by Gasteiger charge is -2.12. The largest absolute Gasteiger partial charge is 0.455 e. The lowest BCUT2D eigenvalue weighted by molar-refractivity contribution is 0.673. The van der Waals surface area contributed by atoms with E-state index in [-0.39, 0.29) is 0 Å². The highest BCUT2D eigenvalue weighted by molar-refractivity contribution is 6.22. The number of rotatable bonds is 6. The van der Waals surface area contributed by atoms with Crippen molar-refractivity contribution in [2.24, 2.45) is 0 Å². The van der Waals surface area contributed by atoms with E-state index in [2.05, 4.69) is 150 Å². The van der Waals surface area contributed by atoms with Gasteiger partial charge in [-0.1, -0.05) is 164 Å². The Morgan fingerprint density at radius 3 is 1.50 bits per heavy atom. The third kappa shape index (κ3) is 5.52. The van der Waals surface area contributed by atoms with E-state index in [1.54, 1.807) is 0 Å². The summed E-state index contributed by atoms with van der Waals surface area (Å²) < 4.78 is 9.13. The van der Waals surface area contributed by atoms with E-state index in [1.807, 2.05) is 60.7 Å². The number of para-hydroxylation sites is 2. The van der Waals surface area contributed by atoms with E-state index in [4.69, 9.17) is 19.4 Å². The first-order valence-electron chi connectivity index (χ1n) is 20.2. The van der Waals surface area contributed by atoms with Crippen molar-refractivity contribution in [3.05, 3.63) is 206 Å². The zero-order valence-electron chi connectivity index (χ0n) is 32.3. The Hall–Kier alpha value is -8.15. The minimum atomic E-state index is 0.621. The zero-order valence-corrected chi connectivity index (χ0v) is 32.3. The van der Waals surface area contributed by atoms with Gasteiger partial charge in [0.1, 0.15) is 11.2 Å². The van der Waals surface area contributed by atoms with E-state index in [9.17, 15) is 0 Å². The van der Waals surface area contributed by atoms with E-state index in [1.165, 1.54) is 21.8 Å². The van der Waals surface area contributed by atoms with Gasteiger partial charge in [-0.2, -0.15) is 0 Å². The fourth-order valence-corrected chi connectivity index (χ4v) is 8.88. The number of aromatic nitrogens is 4. The van der Waals surface area contributed by atoms with Crippen LogP contribution in [0.4, 0.5) is 0 Å². The maximum absolute atomic E-state index is 6.77. The first-order valence-corrected chi connectivity index (χ1v) is 20.2. The second-order valence-corrected chi connectivity index (χ2v) is 15.2. The molecule has 3 aromatic heterocycles. The minimum absolute atomic E-state index is 0.621. The lowest BCUT2D eigenvalue weighted by Crippen LogP contribution is -2.00. The molecule has 0 fully saturated rings. The molecule has 0 aliphatic carbocycles. The molecule has 0 saturated heterocycles. The van der Waals surface area contributed by atoms with Crippen molar-refractivity contribution in [3.8, 4) is 62.1 Å². The monoisotopic (exact) mass is 766 g/mol. The highest BCUT2D eigenvalue weighted by Crippen LogP contribution is 2.44. The number of hydrogen-bond donors (Lipinski definition) is 0. The summed E-state index contributed by atoms with van der Waals surface area (Å²) in [7, 11) is 0. The van der Waals surface area contributed by atoms with Crippen LogP contribution in [-0.4, -0.2) is 19.5 Å². The molecule has 0 unspecified atom stereocenters. The Bertz CT molecular complexity index is 3480. The first kappa shape index (κ1) is 33.9. The fourth-order valence-electron chi connectivity index (χ4n) is 8.88. The van der Waals surface area contributed by atoms with Gasteiger partial charge < -0.3 is 8.98 Å². The maximum Gasteiger partial charge on any atom is 0.164 e. The second-order valence-electron chi connectivity index (χ2n) is 15.2. The van der Waals surface area contributed by atoms with Crippen LogP contribution in [0.1, 0.15) is 0 Å². The predicted molar refractivity (Wildman–Crippen MR) is 246 cm³/mol. The van der Waals surface area contributed by atoms with Crippen molar-refractivity contribution in [1.82, 2.24) is 19.5 Å². The number of nitrogens with zero attached hydrogens (tertiary/aromatic N) is 4. The molecule has 3 heterocycles. The average molecular weight is 767 g/mol. The summed E-state index contributed by atoms with van der Waals surface area (Å²) in [5, 5.41) is 6.85. The van der Waals surface area contributed by atoms with Gasteiger partial charge in [-0.3, -0.25) is 0 Å². The molecule has 9 aromatic carbocycles. The molecular weight excluding hydrogens is 733 g/mol. The molecule has 5 heteroatoms. The van der Waals surface area contributed by atoms with Gasteiger partial charge in [0.25, 0.3) is 0 Å². The van der Waals surface area contributed by atoms with Crippen molar-refractivity contribution in [2.75, 3.05) is 0 Å². The van der Waals surface area contributed by atoms with Gasteiger partial charge in [-0.05, 0) is 70.1 Å². The van der Waals surface area contributed by atoms with Crippen LogP contribution >= 0.6 is 0 Å². The maximum atomic E-state index is 6.77. The fraction of sp³-hybridized carbons (Fsp3) is 0. The van der Waals surface area contributed by atoms with E-state index in [0.717, 1.165) is 77.3 Å². The van der Waals surface area contributed by atoms with Gasteiger partial charge in [-0.15, -0.1) is 0 Å². The molecule has 280 valence electrons. The van der Waals surface area contributed by atoms with Crippen LogP contribution in [0.2, 0.25) is 0 Å². The van der Waals surface area contributed by atoms with Crippen LogP contribution in [0, 0.1) is 0 Å². The lowest BCUT2D eigenvalue weighted by atomic mass is 9.92. The predicted octanol–water partition coefficient (Wildman–Crippen LogP) is 14.4. The molecule has 0 saturated carbocycles. The molecule has 0 bridgehead atoms. The van der Waals surface area contributed by atoms with Gasteiger partial charge in [0, 0.05) is 49.3 Å². The molecule has 0 N–H and O–H groups in total. The van der Waals surface area contributed by atoms with Gasteiger partial charge in [-0.25, -0.2) is 15.0 Å². The van der Waals surface area contributed by atoms with Crippen LogP contribution in [0.3, 0.4) is 0 Å². The summed E-state index contributed by atoms with van der Waals surface area (Å²) in [6.45, 7) is 0. The molecule has 12 rings (SSSR count). The minimum Gasteiger partial charge on any atom is -0.455 e. The highest BCUT2D eigenvalue weighted by Gasteiger charge is 2.20. The summed E-state index contributed by atoms with van der Waals surface area (Å²) in [5.41, 5.74) is 12.5. The van der Waals surface area contributed by atoms with Gasteiger partial charge >= 0.3 is 0 Å². The van der Waals surface area contributed by atoms with Crippen LogP contribution in [-0.2, 0) is 0 Å². The van der Waals surface area contributed by atoms with Crippen LogP contribution in [0.5, 0.6) is 0 Å².